The molecule has 0 aliphatic carbocycles. The third kappa shape index (κ3) is 3.69. The minimum Gasteiger partial charge on any atom is -0.480 e. The zero-order valence-corrected chi connectivity index (χ0v) is 17.7. The molecule has 1 atom stereocenters. The predicted molar refractivity (Wildman–Crippen MR) is 117 cm³/mol. The molecule has 9 nitrogen and oxygen atoms in total. The average Bonchev–Trinajstić information content (AvgIpc) is 3.32. The van der Waals surface area contributed by atoms with Crippen molar-refractivity contribution in [1.29, 1.82) is 0 Å². The quantitative estimate of drug-likeness (QED) is 0.376. The van der Waals surface area contributed by atoms with Gasteiger partial charge in [0.2, 0.25) is 0 Å². The number of aryl methyl sites for hydroxylation is 1. The highest BCUT2D eigenvalue weighted by Gasteiger charge is 2.24. The molecule has 0 bridgehead atoms. The van der Waals surface area contributed by atoms with Crippen LogP contribution in [0.15, 0.2) is 40.1 Å². The summed E-state index contributed by atoms with van der Waals surface area (Å²) < 4.78 is 7.37. The van der Waals surface area contributed by atoms with E-state index in [-0.39, 0.29) is 18.5 Å². The molecule has 0 radical (unpaired) electrons. The van der Waals surface area contributed by atoms with Gasteiger partial charge in [-0.05, 0) is 48.6 Å². The maximum atomic E-state index is 13.1. The van der Waals surface area contributed by atoms with Crippen molar-refractivity contribution in [3.8, 4) is 0 Å². The number of fused-ring (bicyclic) bond motifs is 2. The third-order valence-corrected chi connectivity index (χ3v) is 6.48. The van der Waals surface area contributed by atoms with Crippen molar-refractivity contribution < 1.29 is 19.7 Å². The van der Waals surface area contributed by atoms with Gasteiger partial charge in [-0.3, -0.25) is 14.2 Å². The molecule has 0 aliphatic heterocycles. The van der Waals surface area contributed by atoms with Gasteiger partial charge >= 0.3 is 11.7 Å². The van der Waals surface area contributed by atoms with Gasteiger partial charge in [-0.15, -0.1) is 11.3 Å². The summed E-state index contributed by atoms with van der Waals surface area (Å²) in [5.41, 5.74) is 0.830. The first kappa shape index (κ1) is 21.0. The molecule has 3 heterocycles. The number of ether oxygens (including phenoxy) is 1. The molecule has 4 aromatic rings. The van der Waals surface area contributed by atoms with Crippen LogP contribution in [0.25, 0.3) is 21.1 Å². The number of carboxylic acid groups (broad SMARTS) is 1. The number of aromatic nitrogens is 3. The lowest BCUT2D eigenvalue weighted by atomic mass is 10.1. The number of benzene rings is 1. The fourth-order valence-corrected chi connectivity index (χ4v) is 4.91. The number of hydrogen-bond acceptors (Lipinski definition) is 6. The molecule has 1 aromatic carbocycles. The van der Waals surface area contributed by atoms with E-state index in [4.69, 9.17) is 4.74 Å². The molecule has 0 amide bonds. The third-order valence-electron chi connectivity index (χ3n) is 5.13. The number of carboxylic acids is 1. The summed E-state index contributed by atoms with van der Waals surface area (Å²) in [5.74, 6) is -1.29. The number of aliphatic hydroxyl groups excluding tert-OH is 1. The van der Waals surface area contributed by atoms with Crippen LogP contribution in [0.3, 0.4) is 0 Å². The summed E-state index contributed by atoms with van der Waals surface area (Å²) in [7, 11) is 0. The van der Waals surface area contributed by atoms with Crippen LogP contribution in [-0.2, 0) is 22.6 Å². The molecule has 0 saturated carbocycles. The Morgan fingerprint density at radius 3 is 2.74 bits per heavy atom. The van der Waals surface area contributed by atoms with Crippen LogP contribution in [0.5, 0.6) is 0 Å². The van der Waals surface area contributed by atoms with Crippen LogP contribution >= 0.6 is 11.3 Å². The number of carbonyl (C=O) groups is 1. The molecule has 3 aromatic heterocycles. The normalized spacial score (nSPS) is 12.6. The van der Waals surface area contributed by atoms with E-state index in [9.17, 15) is 24.6 Å². The Kier molecular flexibility index (Phi) is 5.52. The van der Waals surface area contributed by atoms with Gasteiger partial charge in [0, 0.05) is 18.3 Å². The number of aliphatic carboxylic acids is 1. The number of hydrogen-bond donors (Lipinski definition) is 3. The highest BCUT2D eigenvalue weighted by atomic mass is 32.1. The van der Waals surface area contributed by atoms with E-state index < -0.39 is 30.1 Å². The predicted octanol–water partition coefficient (Wildman–Crippen LogP) is 2.17. The van der Waals surface area contributed by atoms with E-state index in [0.717, 1.165) is 32.4 Å². The summed E-state index contributed by atoms with van der Waals surface area (Å²) in [4.78, 5) is 41.4. The second-order valence-corrected chi connectivity index (χ2v) is 8.16. The lowest BCUT2D eigenvalue weighted by molar-refractivity contribution is -0.137. The molecule has 162 valence electrons. The van der Waals surface area contributed by atoms with Gasteiger partial charge < -0.3 is 19.9 Å². The topological polar surface area (TPSA) is 127 Å². The van der Waals surface area contributed by atoms with E-state index >= 15 is 0 Å². The number of aliphatic hydroxyl groups is 1. The smallest absolute Gasteiger partial charge is 0.332 e. The minimum absolute atomic E-state index is 0.139. The van der Waals surface area contributed by atoms with Gasteiger partial charge in [0.15, 0.2) is 6.29 Å². The number of aromatic amines is 1. The molecule has 3 N–H and O–H groups in total. The summed E-state index contributed by atoms with van der Waals surface area (Å²) in [6, 6.07) is 7.59. The molecular formula is C21H21N3O6S. The van der Waals surface area contributed by atoms with Crippen LogP contribution in [0.1, 0.15) is 29.2 Å². The van der Waals surface area contributed by atoms with E-state index in [1.807, 2.05) is 30.5 Å². The first-order valence-electron chi connectivity index (χ1n) is 9.66. The van der Waals surface area contributed by atoms with Crippen LogP contribution in [-0.4, -0.2) is 36.9 Å². The van der Waals surface area contributed by atoms with Gasteiger partial charge in [0.1, 0.15) is 11.4 Å². The average molecular weight is 443 g/mol. The Morgan fingerprint density at radius 2 is 2.03 bits per heavy atom. The first-order valence-corrected chi connectivity index (χ1v) is 10.5. The molecule has 0 saturated heterocycles. The Bertz CT molecular complexity index is 1410. The zero-order chi connectivity index (χ0) is 22.3. The molecule has 31 heavy (non-hydrogen) atoms. The summed E-state index contributed by atoms with van der Waals surface area (Å²) in [6.45, 7) is 3.05. The number of thiophene rings is 1. The maximum absolute atomic E-state index is 13.1. The minimum atomic E-state index is -1.29. The van der Waals surface area contributed by atoms with Gasteiger partial charge in [-0.1, -0.05) is 6.07 Å². The highest BCUT2D eigenvalue weighted by molar-refractivity contribution is 7.19. The standard InChI is InChI=1S/C21H21N3O6S/c1-3-30-20(28)17-11(2)16-18(27)23(10-15(25)26)21(29)24(19(16)31-17)9-12-4-5-14-13(8-12)6-7-22-14/h4-8,20,22,28H,3,9-10H2,1-2H3,(H,25,26). The maximum Gasteiger partial charge on any atom is 0.332 e. The Morgan fingerprint density at radius 1 is 1.26 bits per heavy atom. The van der Waals surface area contributed by atoms with E-state index in [1.165, 1.54) is 4.57 Å². The monoisotopic (exact) mass is 443 g/mol. The zero-order valence-electron chi connectivity index (χ0n) is 16.9. The fourth-order valence-electron chi connectivity index (χ4n) is 3.68. The summed E-state index contributed by atoms with van der Waals surface area (Å²) in [5, 5.41) is 20.8. The molecule has 10 heteroatoms. The van der Waals surface area contributed by atoms with Gasteiger partial charge in [-0.25, -0.2) is 9.36 Å². The number of nitrogens with zero attached hydrogens (tertiary/aromatic N) is 2. The lowest BCUT2D eigenvalue weighted by Gasteiger charge is -2.11. The van der Waals surface area contributed by atoms with Crippen LogP contribution < -0.4 is 11.2 Å². The summed E-state index contributed by atoms with van der Waals surface area (Å²) in [6.07, 6.45) is 0.574. The van der Waals surface area contributed by atoms with E-state index in [2.05, 4.69) is 4.98 Å². The molecule has 0 fully saturated rings. The lowest BCUT2D eigenvalue weighted by Crippen LogP contribution is -2.41. The first-order chi connectivity index (χ1) is 14.8. The van der Waals surface area contributed by atoms with E-state index in [1.54, 1.807) is 13.8 Å². The van der Waals surface area contributed by atoms with Crippen LogP contribution in [0.2, 0.25) is 0 Å². The number of rotatable bonds is 7. The van der Waals surface area contributed by atoms with Crippen molar-refractivity contribution in [2.45, 2.75) is 33.2 Å². The molecule has 0 spiro atoms. The Hall–Kier alpha value is -3.21. The Balaban J connectivity index is 1.96. The molecule has 1 unspecified atom stereocenters. The Labute approximate surface area is 179 Å². The molecule has 0 aliphatic rings. The second kappa shape index (κ2) is 8.14. The SMILES string of the molecule is CCOC(O)c1sc2c(c1C)c(=O)n(CC(=O)O)c(=O)n2Cc1ccc2[nH]ccc2c1. The van der Waals surface area contributed by atoms with Crippen molar-refractivity contribution in [2.75, 3.05) is 6.61 Å². The number of nitrogens with one attached hydrogen (secondary N) is 1. The van der Waals surface area contributed by atoms with Gasteiger partial charge in [0.25, 0.3) is 5.56 Å². The highest BCUT2D eigenvalue weighted by Crippen LogP contribution is 2.33. The van der Waals surface area contributed by atoms with Crippen LogP contribution in [0, 0.1) is 6.92 Å². The van der Waals surface area contributed by atoms with Crippen molar-refractivity contribution >= 4 is 38.4 Å². The largest absolute Gasteiger partial charge is 0.480 e. The van der Waals surface area contributed by atoms with Crippen molar-refractivity contribution in [2.24, 2.45) is 0 Å². The van der Waals surface area contributed by atoms with Crippen molar-refractivity contribution in [3.05, 3.63) is 67.3 Å². The van der Waals surface area contributed by atoms with Crippen molar-refractivity contribution in [1.82, 2.24) is 14.1 Å². The molecule has 4 rings (SSSR count). The summed E-state index contributed by atoms with van der Waals surface area (Å²) >= 11 is 1.10. The van der Waals surface area contributed by atoms with Gasteiger partial charge in [-0.2, -0.15) is 0 Å². The number of H-pyrrole nitrogens is 1. The van der Waals surface area contributed by atoms with Crippen LogP contribution in [0.4, 0.5) is 0 Å². The van der Waals surface area contributed by atoms with Gasteiger partial charge in [0.05, 0.1) is 16.8 Å². The van der Waals surface area contributed by atoms with E-state index in [0.29, 0.717) is 15.3 Å². The molecular weight excluding hydrogens is 422 g/mol. The fraction of sp³-hybridized carbons (Fsp3) is 0.286. The van der Waals surface area contributed by atoms with Crippen molar-refractivity contribution in [3.63, 3.8) is 0 Å². The second-order valence-electron chi connectivity index (χ2n) is 7.13.